The number of aromatic nitrogens is 4. The highest BCUT2D eigenvalue weighted by Crippen LogP contribution is 2.41. The highest BCUT2D eigenvalue weighted by atomic mass is 15.0. The summed E-state index contributed by atoms with van der Waals surface area (Å²) in [7, 11) is 0. The lowest BCUT2D eigenvalue weighted by atomic mass is 10.1. The highest BCUT2D eigenvalue weighted by molar-refractivity contribution is 6.26. The van der Waals surface area contributed by atoms with E-state index < -0.39 is 0 Å². The molecule has 34 heavy (non-hydrogen) atoms. The Balaban J connectivity index is 1.49. The molecule has 0 saturated heterocycles. The topological polar surface area (TPSA) is 35.1 Å². The molecule has 4 aromatic heterocycles. The molecule has 8 rings (SSSR count). The van der Waals surface area contributed by atoms with Crippen LogP contribution in [-0.4, -0.2) is 18.9 Å². The Labute approximate surface area is 194 Å². The van der Waals surface area contributed by atoms with E-state index in [1.165, 1.54) is 27.4 Å². The Morgan fingerprint density at radius 2 is 1.26 bits per heavy atom. The number of hydrogen-bond donors (Lipinski definition) is 0. The first-order valence-corrected chi connectivity index (χ1v) is 11.4. The summed E-state index contributed by atoms with van der Waals surface area (Å²) in [4.78, 5) is 9.69. The van der Waals surface area contributed by atoms with Crippen LogP contribution in [0, 0.1) is 0 Å². The van der Waals surface area contributed by atoms with Gasteiger partial charge >= 0.3 is 0 Å². The van der Waals surface area contributed by atoms with Gasteiger partial charge in [-0.2, -0.15) is 0 Å². The van der Waals surface area contributed by atoms with Gasteiger partial charge < -0.3 is 4.57 Å². The fourth-order valence-electron chi connectivity index (χ4n) is 5.50. The number of para-hydroxylation sites is 2. The van der Waals surface area contributed by atoms with E-state index >= 15 is 0 Å². The fourth-order valence-corrected chi connectivity index (χ4v) is 5.50. The summed E-state index contributed by atoms with van der Waals surface area (Å²) in [5.74, 6) is 0. The van der Waals surface area contributed by atoms with Gasteiger partial charge in [0.1, 0.15) is 5.65 Å². The van der Waals surface area contributed by atoms with Crippen molar-refractivity contribution >= 4 is 49.4 Å². The van der Waals surface area contributed by atoms with Gasteiger partial charge in [0.05, 0.1) is 40.0 Å². The molecule has 0 unspecified atom stereocenters. The van der Waals surface area contributed by atoms with E-state index in [1.54, 1.807) is 0 Å². The van der Waals surface area contributed by atoms with Gasteiger partial charge in [0.25, 0.3) is 0 Å². The van der Waals surface area contributed by atoms with Crippen LogP contribution in [0.25, 0.3) is 66.2 Å². The Hall–Kier alpha value is -4.70. The molecule has 4 aromatic carbocycles. The number of hydrogen-bond acceptors (Lipinski definition) is 2. The third kappa shape index (κ3) is 2.22. The number of pyridine rings is 2. The minimum atomic E-state index is 0.978. The lowest BCUT2D eigenvalue weighted by Crippen LogP contribution is -1.94. The van der Waals surface area contributed by atoms with Gasteiger partial charge in [0.2, 0.25) is 0 Å². The van der Waals surface area contributed by atoms with Crippen molar-refractivity contribution in [2.75, 3.05) is 0 Å². The molecule has 0 aliphatic rings. The highest BCUT2D eigenvalue weighted by Gasteiger charge is 2.21. The molecule has 0 bridgehead atoms. The molecule has 0 aliphatic heterocycles. The first-order chi connectivity index (χ1) is 16.9. The van der Waals surface area contributed by atoms with Crippen LogP contribution in [-0.2, 0) is 0 Å². The summed E-state index contributed by atoms with van der Waals surface area (Å²) in [5.41, 5.74) is 10.0. The number of rotatable bonds is 2. The number of imidazole rings is 1. The minimum Gasteiger partial charge on any atom is -0.308 e. The average Bonchev–Trinajstić information content (AvgIpc) is 3.46. The van der Waals surface area contributed by atoms with Crippen LogP contribution in [0.4, 0.5) is 0 Å². The van der Waals surface area contributed by atoms with Crippen molar-refractivity contribution < 1.29 is 0 Å². The lowest BCUT2D eigenvalue weighted by Gasteiger charge is -2.09. The first kappa shape index (κ1) is 17.8. The van der Waals surface area contributed by atoms with Crippen LogP contribution in [0.15, 0.2) is 109 Å². The summed E-state index contributed by atoms with van der Waals surface area (Å²) in [5, 5.41) is 3.63. The zero-order valence-corrected chi connectivity index (χ0v) is 18.2. The summed E-state index contributed by atoms with van der Waals surface area (Å²) in [6.07, 6.45) is 3.95. The van der Waals surface area contributed by atoms with Crippen LogP contribution in [0.1, 0.15) is 0 Å². The predicted molar refractivity (Wildman–Crippen MR) is 139 cm³/mol. The molecule has 8 aromatic rings. The van der Waals surface area contributed by atoms with Gasteiger partial charge in [-0.25, -0.2) is 4.98 Å². The summed E-state index contributed by atoms with van der Waals surface area (Å²) in [6.45, 7) is 0. The number of fused-ring (bicyclic) bond motifs is 5. The van der Waals surface area contributed by atoms with E-state index in [9.17, 15) is 0 Å². The second-order valence-electron chi connectivity index (χ2n) is 8.76. The maximum absolute atomic E-state index is 5.02. The zero-order valence-electron chi connectivity index (χ0n) is 18.2. The standard InChI is InChI=1S/C30H18N4/c1-2-7-19(8-3-1)20-13-15-21(16-14-20)33-25-12-6-9-22-28(25)29-26(33)17-31-18-27(29)34-24-11-5-4-10-23(24)32-30(22)34/h1-18H. The zero-order chi connectivity index (χ0) is 22.2. The van der Waals surface area contributed by atoms with Crippen LogP contribution < -0.4 is 0 Å². The Morgan fingerprint density at radius 3 is 2.15 bits per heavy atom. The fraction of sp³-hybridized carbons (Fsp3) is 0. The van der Waals surface area contributed by atoms with E-state index in [2.05, 4.69) is 98.9 Å². The summed E-state index contributed by atoms with van der Waals surface area (Å²) < 4.78 is 4.59. The molecule has 0 radical (unpaired) electrons. The first-order valence-electron chi connectivity index (χ1n) is 11.4. The molecule has 0 fully saturated rings. The molecule has 0 saturated carbocycles. The average molecular weight is 435 g/mol. The van der Waals surface area contributed by atoms with Crippen molar-refractivity contribution in [2.24, 2.45) is 0 Å². The SMILES string of the molecule is c1ccc(-c2ccc(-n3c4cccc5c4c4c3cncc4n3c4ccccc4nc53)cc2)cc1. The van der Waals surface area contributed by atoms with Crippen molar-refractivity contribution in [1.82, 2.24) is 18.9 Å². The van der Waals surface area contributed by atoms with E-state index in [0.29, 0.717) is 0 Å². The molecule has 0 spiro atoms. The van der Waals surface area contributed by atoms with Gasteiger partial charge in [-0.15, -0.1) is 0 Å². The van der Waals surface area contributed by atoms with Crippen LogP contribution in [0.2, 0.25) is 0 Å². The Kier molecular flexibility index (Phi) is 3.36. The van der Waals surface area contributed by atoms with E-state index in [4.69, 9.17) is 4.98 Å². The molecular formula is C30H18N4. The molecule has 4 heteroatoms. The van der Waals surface area contributed by atoms with Gasteiger partial charge in [-0.1, -0.05) is 66.7 Å². The predicted octanol–water partition coefficient (Wildman–Crippen LogP) is 7.24. The van der Waals surface area contributed by atoms with E-state index in [1.807, 2.05) is 24.5 Å². The molecule has 0 aliphatic carbocycles. The van der Waals surface area contributed by atoms with Crippen molar-refractivity contribution in [2.45, 2.75) is 0 Å². The van der Waals surface area contributed by atoms with Crippen molar-refractivity contribution in [3.63, 3.8) is 0 Å². The quantitative estimate of drug-likeness (QED) is 0.269. The van der Waals surface area contributed by atoms with Crippen LogP contribution in [0.5, 0.6) is 0 Å². The molecule has 4 nitrogen and oxygen atoms in total. The normalized spacial score (nSPS) is 12.1. The number of benzene rings is 4. The van der Waals surface area contributed by atoms with Gasteiger partial charge in [0.15, 0.2) is 0 Å². The third-order valence-corrected chi connectivity index (χ3v) is 6.96. The van der Waals surface area contributed by atoms with Crippen molar-refractivity contribution in [3.8, 4) is 16.8 Å². The van der Waals surface area contributed by atoms with Crippen LogP contribution in [0.3, 0.4) is 0 Å². The van der Waals surface area contributed by atoms with E-state index in [-0.39, 0.29) is 0 Å². The molecule has 4 heterocycles. The molecular weight excluding hydrogens is 416 g/mol. The lowest BCUT2D eigenvalue weighted by molar-refractivity contribution is 1.17. The van der Waals surface area contributed by atoms with Gasteiger partial charge in [0, 0.05) is 21.8 Å². The molecule has 158 valence electrons. The second kappa shape index (κ2) is 6.42. The van der Waals surface area contributed by atoms with Crippen LogP contribution >= 0.6 is 0 Å². The maximum atomic E-state index is 5.02. The molecule has 0 N–H and O–H groups in total. The Bertz CT molecular complexity index is 1990. The van der Waals surface area contributed by atoms with E-state index in [0.717, 1.165) is 38.8 Å². The second-order valence-corrected chi connectivity index (χ2v) is 8.76. The third-order valence-electron chi connectivity index (χ3n) is 6.96. The number of nitrogens with zero attached hydrogens (tertiary/aromatic N) is 4. The smallest absolute Gasteiger partial charge is 0.146 e. The molecule has 0 atom stereocenters. The Morgan fingerprint density at radius 1 is 0.529 bits per heavy atom. The summed E-state index contributed by atoms with van der Waals surface area (Å²) in [6, 6.07) is 34.1. The van der Waals surface area contributed by atoms with Gasteiger partial charge in [-0.3, -0.25) is 9.38 Å². The van der Waals surface area contributed by atoms with Crippen molar-refractivity contribution in [1.29, 1.82) is 0 Å². The summed E-state index contributed by atoms with van der Waals surface area (Å²) >= 11 is 0. The monoisotopic (exact) mass is 434 g/mol. The van der Waals surface area contributed by atoms with Crippen molar-refractivity contribution in [3.05, 3.63) is 109 Å². The minimum absolute atomic E-state index is 0.978. The largest absolute Gasteiger partial charge is 0.308 e. The molecule has 0 amide bonds. The maximum Gasteiger partial charge on any atom is 0.146 e. The van der Waals surface area contributed by atoms with Gasteiger partial charge in [-0.05, 0) is 41.5 Å².